The third kappa shape index (κ3) is 24.9. The summed E-state index contributed by atoms with van der Waals surface area (Å²) in [4.78, 5) is 74.0. The molecule has 676 valence electrons. The molecule has 6 aliphatic carbocycles. The Labute approximate surface area is 734 Å². The van der Waals surface area contributed by atoms with Gasteiger partial charge in [-0.2, -0.15) is 10.1 Å². The number of para-hydroxylation sites is 2. The molecule has 8 fully saturated rings. The molecule has 6 saturated carbocycles. The van der Waals surface area contributed by atoms with E-state index in [0.29, 0.717) is 102 Å². The number of methoxy groups -OCH3 is 2. The van der Waals surface area contributed by atoms with Crippen LogP contribution in [0.2, 0.25) is 36.3 Å². The minimum absolute atomic E-state index is 0. The van der Waals surface area contributed by atoms with Crippen molar-refractivity contribution in [3.05, 3.63) is 120 Å². The number of hydrogen-bond acceptors (Lipinski definition) is 20. The highest BCUT2D eigenvalue weighted by atomic mass is 127. The van der Waals surface area contributed by atoms with E-state index in [2.05, 4.69) is 163 Å². The number of hydrogen-bond donors (Lipinski definition) is 8. The van der Waals surface area contributed by atoms with E-state index in [1.807, 2.05) is 66.4 Å². The van der Waals surface area contributed by atoms with Gasteiger partial charge in [0.1, 0.15) is 23.6 Å². The molecule has 0 spiro atoms. The fraction of sp³-hybridized carbons (Fsp3) is 0.682. The quantitative estimate of drug-likeness (QED) is 0.00790. The van der Waals surface area contributed by atoms with Crippen molar-refractivity contribution in [3.8, 4) is 22.6 Å². The monoisotopic (exact) mass is 1820 g/mol. The van der Waals surface area contributed by atoms with Gasteiger partial charge in [0, 0.05) is 89.0 Å². The Hall–Kier alpha value is -6.59. The van der Waals surface area contributed by atoms with E-state index in [4.69, 9.17) is 44.2 Å². The molecule has 32 heteroatoms. The van der Waals surface area contributed by atoms with E-state index < -0.39 is 84.0 Å². The van der Waals surface area contributed by atoms with E-state index in [0.717, 1.165) is 33.4 Å². The number of likely N-dealkylation sites (N-methyl/N-ethyl adjacent to an activating group) is 2. The lowest BCUT2D eigenvalue weighted by molar-refractivity contribution is -0.176. The van der Waals surface area contributed by atoms with Gasteiger partial charge >= 0.3 is 19.1 Å². The number of carbonyl (C=O) groups is 4. The van der Waals surface area contributed by atoms with E-state index in [9.17, 15) is 44.5 Å². The summed E-state index contributed by atoms with van der Waals surface area (Å²) in [5.41, 5.74) is 23.1. The highest BCUT2D eigenvalue weighted by Gasteiger charge is 2.60. The summed E-state index contributed by atoms with van der Waals surface area (Å²) in [6.45, 7) is 41.5. The molecule has 2 heterocycles. The number of amides is 2. The van der Waals surface area contributed by atoms with Crippen LogP contribution >= 0.6 is 22.6 Å². The summed E-state index contributed by atoms with van der Waals surface area (Å²) in [6.07, 6.45) is 1.17. The molecule has 120 heavy (non-hydrogen) atoms. The van der Waals surface area contributed by atoms with Crippen LogP contribution in [0.25, 0.3) is 32.0 Å². The molecule has 0 aromatic heterocycles. The van der Waals surface area contributed by atoms with Gasteiger partial charge in [0.05, 0.1) is 92.7 Å². The number of benzene rings is 4. The Bertz CT molecular complexity index is 4140. The van der Waals surface area contributed by atoms with Gasteiger partial charge in [-0.1, -0.05) is 168 Å². The Balaban J connectivity index is 0.000000647. The van der Waals surface area contributed by atoms with Crippen LogP contribution in [-0.2, 0) is 41.2 Å². The SMILES string of the molecule is C.C.C.C.C.C.CN(CCO[Si](C)(C)C(C)(C)C)c1cc(B(O)O)cc(C(=O)O)c1.COc1c(CN2O[C@@H](CN=[N+]=[N-])[C@@H]([C@H](C)O)[C@H]2C(=O)N[C@H]2C[C@H]3C[C@@H]([C@@H]2C)C3(C)C)cccc1-c1cc(C(=O)O)cc(N(C)CCO[Si](C)(C)C(C)(C)C)c1.COc1c(I)cccc1CN1O[C@@H](CN=[N+]=[N-])[C@@H]([C@H](C)O)[C@H]1C(=O)N[C@H]1C[C@H]2C[C@@H]([C@@H]1C)C2(C)C. The van der Waals surface area contributed by atoms with Crippen LogP contribution in [0, 0.1) is 61.7 Å². The van der Waals surface area contributed by atoms with E-state index >= 15 is 0 Å². The van der Waals surface area contributed by atoms with Crippen molar-refractivity contribution in [2.24, 2.45) is 68.4 Å². The number of hydroxylamine groups is 4. The predicted octanol–water partition coefficient (Wildman–Crippen LogP) is 17.1. The first kappa shape index (κ1) is 109. The van der Waals surface area contributed by atoms with Crippen LogP contribution in [0.4, 0.5) is 11.4 Å². The summed E-state index contributed by atoms with van der Waals surface area (Å²) < 4.78 is 25.1. The lowest BCUT2D eigenvalue weighted by atomic mass is 9.45. The molecule has 0 unspecified atom stereocenters. The number of carboxylic acids is 2. The van der Waals surface area contributed by atoms with Gasteiger partial charge in [-0.05, 0) is 209 Å². The maximum atomic E-state index is 14.4. The summed E-state index contributed by atoms with van der Waals surface area (Å²) in [6, 6.07) is 19.5. The molecule has 8 N–H and O–H groups in total. The molecule has 2 saturated heterocycles. The number of nitrogens with one attached hydrogen (secondary N) is 2. The van der Waals surface area contributed by atoms with Crippen molar-refractivity contribution in [3.63, 3.8) is 0 Å². The average molecular weight is 1830 g/mol. The fourth-order valence-corrected chi connectivity index (χ4v) is 20.3. The average Bonchev–Trinajstić information content (AvgIpc) is 0.918. The minimum Gasteiger partial charge on any atom is -0.496 e. The van der Waals surface area contributed by atoms with Crippen LogP contribution < -0.4 is 35.4 Å². The molecule has 28 nitrogen and oxygen atoms in total. The molecular weight excluding hydrogens is 1670 g/mol. The number of halogens is 1. The number of anilines is 2. The normalized spacial score (nSPS) is 24.7. The Morgan fingerprint density at radius 2 is 1.01 bits per heavy atom. The smallest absolute Gasteiger partial charge is 0.488 e. The Morgan fingerprint density at radius 3 is 1.36 bits per heavy atom. The minimum atomic E-state index is -1.97. The van der Waals surface area contributed by atoms with Crippen molar-refractivity contribution in [1.82, 2.24) is 20.8 Å². The molecule has 4 aromatic carbocycles. The number of aliphatic hydroxyl groups excluding tert-OH is 2. The predicted molar refractivity (Wildman–Crippen MR) is 497 cm³/mol. The van der Waals surface area contributed by atoms with E-state index in [1.165, 1.54) is 25.0 Å². The molecule has 2 aliphatic heterocycles. The van der Waals surface area contributed by atoms with Crippen LogP contribution in [0.3, 0.4) is 0 Å². The molecule has 4 bridgehead atoms. The largest absolute Gasteiger partial charge is 0.496 e. The number of aliphatic hydroxyl groups is 2. The van der Waals surface area contributed by atoms with Gasteiger partial charge in [0.25, 0.3) is 0 Å². The molecule has 0 radical (unpaired) electrons. The van der Waals surface area contributed by atoms with Crippen molar-refractivity contribution < 1.29 is 77.7 Å². The zero-order valence-electron chi connectivity index (χ0n) is 70.8. The second-order valence-corrected chi connectivity index (χ2v) is 47.3. The first-order valence-corrected chi connectivity index (χ1v) is 46.7. The highest BCUT2D eigenvalue weighted by Crippen LogP contribution is 2.62. The van der Waals surface area contributed by atoms with Gasteiger partial charge in [-0.25, -0.2) is 9.59 Å². The van der Waals surface area contributed by atoms with Crippen molar-refractivity contribution in [2.75, 3.05) is 77.5 Å². The second kappa shape index (κ2) is 44.8. The topological polar surface area (TPSA) is 380 Å². The Morgan fingerprint density at radius 1 is 0.625 bits per heavy atom. The lowest BCUT2D eigenvalue weighted by Crippen LogP contribution is -2.62. The van der Waals surface area contributed by atoms with Crippen molar-refractivity contribution in [2.45, 2.75) is 265 Å². The number of carbonyl (C=O) groups excluding carboxylic acids is 2. The number of ether oxygens (including phenoxy) is 2. The molecule has 16 atom stereocenters. The standard InChI is InChI=1S/C41H62N6O7Si.C25H36IN5O4.C16H28BNO5Si.6CH4/c1-24-32-20-29(41(32,6)7)21-33(24)44-38(49)36-35(25(2)48)34(22-43-45-42)54-47(36)23-26-13-12-14-31(37(26)52-9)27-17-28(39(50)51)19-30(18-27)46(8)15-16-53-55(10,11)40(3,4)5;1-13-17-9-16(25(17,3)4)10-19(13)29-24(33)22-21(14(2)32)20(11-28-30-27)35-31(22)12-15-7-6-8-18(26)23(15)34-5;1-16(2,3)24(5,6)23-8-7-18(4)14-10-12(15(19)20)9-13(11-14)17(21)22;;;;;;/h12-14,17-19,24-25,29,32-36,48H,15-16,20-23H2,1-11H3,(H,44,49)(H,50,51);6-8,13-14,16-17,19-22,32H,9-12H2,1-5H3,(H,29,33);9-11,21-22H,7-8H2,1-6H3,(H,19,20);6*1H4/t24-,25-,29+,32-,33-,34-,35+,36-;13-,14-,16+,17-,19-,20-,21+,22-;;;;;;;/m00......./s1. The van der Waals surface area contributed by atoms with Crippen molar-refractivity contribution in [1.29, 1.82) is 0 Å². The van der Waals surface area contributed by atoms with Gasteiger partial charge in [-0.15, -0.1) is 0 Å². The number of carboxylic acid groups (broad SMARTS) is 2. The molecule has 4 aromatic rings. The summed E-state index contributed by atoms with van der Waals surface area (Å²) in [5.74, 6) is 0.442. The lowest BCUT2D eigenvalue weighted by Gasteiger charge is -2.62. The van der Waals surface area contributed by atoms with E-state index in [-0.39, 0.29) is 120 Å². The zero-order valence-corrected chi connectivity index (χ0v) is 75.0. The van der Waals surface area contributed by atoms with Gasteiger partial charge in [0.2, 0.25) is 11.8 Å². The third-order valence-electron chi connectivity index (χ3n) is 26.9. The first-order chi connectivity index (χ1) is 53.2. The molecule has 8 aliphatic rings. The summed E-state index contributed by atoms with van der Waals surface area (Å²) in [5, 5.41) is 77.3. The van der Waals surface area contributed by atoms with Gasteiger partial charge < -0.3 is 69.2 Å². The van der Waals surface area contributed by atoms with E-state index in [1.54, 1.807) is 56.4 Å². The maximum absolute atomic E-state index is 14.4. The van der Waals surface area contributed by atoms with Gasteiger partial charge in [-0.3, -0.25) is 19.3 Å². The van der Waals surface area contributed by atoms with Gasteiger partial charge in [0.15, 0.2) is 16.6 Å². The Kier molecular flexibility index (Phi) is 40.9. The van der Waals surface area contributed by atoms with Crippen LogP contribution in [0.1, 0.15) is 199 Å². The number of rotatable bonds is 30. The molecular formula is C88H150BIN12O16Si2. The van der Waals surface area contributed by atoms with Crippen molar-refractivity contribution >= 4 is 86.9 Å². The highest BCUT2D eigenvalue weighted by molar-refractivity contribution is 14.1. The summed E-state index contributed by atoms with van der Waals surface area (Å²) in [7, 11) is 1.42. The number of fused-ring (bicyclic) bond motifs is 4. The van der Waals surface area contributed by atoms with Crippen LogP contribution in [0.5, 0.6) is 11.5 Å². The molecule has 12 rings (SSSR count). The first-order valence-electron chi connectivity index (χ1n) is 39.8. The second-order valence-electron chi connectivity index (χ2n) is 36.5. The molecule has 2 amide bonds. The number of azide groups is 2. The zero-order chi connectivity index (χ0) is 84.8. The number of aromatic carboxylic acids is 2. The maximum Gasteiger partial charge on any atom is 0.488 e. The van der Waals surface area contributed by atoms with Crippen LogP contribution in [-0.4, -0.2) is 204 Å². The van der Waals surface area contributed by atoms with Crippen LogP contribution in [0.15, 0.2) is 83.0 Å². The fourth-order valence-electron chi connectivity index (χ4n) is 17.4. The number of nitrogens with zero attached hydrogens (tertiary/aromatic N) is 10. The third-order valence-corrected chi connectivity index (χ3v) is 36.8. The summed E-state index contributed by atoms with van der Waals surface area (Å²) >= 11 is 2.22.